The van der Waals surface area contributed by atoms with E-state index in [4.69, 9.17) is 27.9 Å². The number of carbonyl (C=O) groups is 1. The van der Waals surface area contributed by atoms with Crippen LogP contribution in [0, 0.1) is 0 Å². The summed E-state index contributed by atoms with van der Waals surface area (Å²) in [4.78, 5) is 12.1. The van der Waals surface area contributed by atoms with Crippen LogP contribution in [0.25, 0.3) is 0 Å². The number of carbonyl (C=O) groups excluding carboxylic acids is 1. The Balaban J connectivity index is 1.59. The molecule has 0 radical (unpaired) electrons. The van der Waals surface area contributed by atoms with Gasteiger partial charge in [-0.3, -0.25) is 4.79 Å². The van der Waals surface area contributed by atoms with E-state index in [9.17, 15) is 4.79 Å². The van der Waals surface area contributed by atoms with Gasteiger partial charge in [0.15, 0.2) is 0 Å². The number of nitrogens with zero attached hydrogens (tertiary/aromatic N) is 1. The molecule has 0 aliphatic heterocycles. The molecular formula is C21H15BrCl2N2O2. The summed E-state index contributed by atoms with van der Waals surface area (Å²) in [5.74, 6) is 0.378. The molecule has 3 aromatic rings. The lowest BCUT2D eigenvalue weighted by Gasteiger charge is -2.08. The van der Waals surface area contributed by atoms with Crippen LogP contribution < -0.4 is 10.2 Å². The van der Waals surface area contributed by atoms with Crippen molar-refractivity contribution in [3.05, 3.63) is 97.9 Å². The predicted octanol–water partition coefficient (Wildman–Crippen LogP) is 6.10. The van der Waals surface area contributed by atoms with E-state index in [1.807, 2.05) is 36.4 Å². The molecule has 3 aromatic carbocycles. The highest BCUT2D eigenvalue weighted by molar-refractivity contribution is 9.10. The number of hydrazone groups is 1. The van der Waals surface area contributed by atoms with Crippen LogP contribution in [-0.4, -0.2) is 12.1 Å². The largest absolute Gasteiger partial charge is 0.489 e. The summed E-state index contributed by atoms with van der Waals surface area (Å²) in [5, 5.41) is 5.00. The first-order valence-electron chi connectivity index (χ1n) is 8.27. The third-order valence-electron chi connectivity index (χ3n) is 3.75. The molecule has 0 spiro atoms. The molecule has 0 atom stereocenters. The van der Waals surface area contributed by atoms with Gasteiger partial charge in [0.05, 0.1) is 21.8 Å². The molecule has 0 aliphatic carbocycles. The maximum atomic E-state index is 12.1. The Hall–Kier alpha value is -2.34. The molecule has 0 saturated carbocycles. The van der Waals surface area contributed by atoms with Crippen molar-refractivity contribution >= 4 is 51.3 Å². The minimum Gasteiger partial charge on any atom is -0.489 e. The molecule has 0 aromatic heterocycles. The second-order valence-corrected chi connectivity index (χ2v) is 7.46. The van der Waals surface area contributed by atoms with Crippen molar-refractivity contribution in [1.82, 2.24) is 5.43 Å². The highest BCUT2D eigenvalue weighted by Crippen LogP contribution is 2.23. The summed E-state index contributed by atoms with van der Waals surface area (Å²) in [7, 11) is 0. The van der Waals surface area contributed by atoms with Crippen molar-refractivity contribution < 1.29 is 9.53 Å². The number of rotatable bonds is 6. The van der Waals surface area contributed by atoms with Crippen molar-refractivity contribution in [1.29, 1.82) is 0 Å². The fourth-order valence-corrected chi connectivity index (χ4v) is 3.14. The highest BCUT2D eigenvalue weighted by atomic mass is 79.9. The average Bonchev–Trinajstić information content (AvgIpc) is 2.69. The van der Waals surface area contributed by atoms with Gasteiger partial charge in [0.2, 0.25) is 0 Å². The van der Waals surface area contributed by atoms with Gasteiger partial charge in [-0.1, -0.05) is 53.5 Å². The van der Waals surface area contributed by atoms with E-state index in [1.165, 1.54) is 0 Å². The minimum absolute atomic E-state index is 0.296. The van der Waals surface area contributed by atoms with Crippen molar-refractivity contribution in [2.45, 2.75) is 6.61 Å². The summed E-state index contributed by atoms with van der Waals surface area (Å²) in [6.45, 7) is 0.357. The molecule has 0 unspecified atom stereocenters. The maximum Gasteiger partial charge on any atom is 0.272 e. The van der Waals surface area contributed by atoms with E-state index in [2.05, 4.69) is 26.5 Å². The number of nitrogens with one attached hydrogen (secondary N) is 1. The number of hydrogen-bond donors (Lipinski definition) is 1. The Morgan fingerprint density at radius 2 is 1.86 bits per heavy atom. The number of hydrogen-bond acceptors (Lipinski definition) is 3. The van der Waals surface area contributed by atoms with E-state index in [0.29, 0.717) is 32.4 Å². The van der Waals surface area contributed by atoms with Crippen molar-refractivity contribution in [2.75, 3.05) is 0 Å². The van der Waals surface area contributed by atoms with Crippen molar-refractivity contribution in [3.63, 3.8) is 0 Å². The van der Waals surface area contributed by atoms with Gasteiger partial charge in [0.1, 0.15) is 12.4 Å². The minimum atomic E-state index is -0.296. The zero-order valence-corrected chi connectivity index (χ0v) is 17.6. The SMILES string of the molecule is O=C(N/N=C/c1cccc(OCc2ccc(Cl)c(Cl)c2)c1)c1ccccc1Br. The van der Waals surface area contributed by atoms with Gasteiger partial charge < -0.3 is 4.74 Å². The number of benzene rings is 3. The van der Waals surface area contributed by atoms with Crippen LogP contribution in [0.15, 0.2) is 76.3 Å². The van der Waals surface area contributed by atoms with Crippen LogP contribution in [0.3, 0.4) is 0 Å². The van der Waals surface area contributed by atoms with Gasteiger partial charge in [-0.15, -0.1) is 0 Å². The molecule has 0 bridgehead atoms. The van der Waals surface area contributed by atoms with E-state index in [-0.39, 0.29) is 5.91 Å². The second-order valence-electron chi connectivity index (χ2n) is 5.79. The molecule has 3 rings (SSSR count). The zero-order valence-electron chi connectivity index (χ0n) is 14.5. The molecule has 4 nitrogen and oxygen atoms in total. The Bertz CT molecular complexity index is 1020. The zero-order chi connectivity index (χ0) is 19.9. The third kappa shape index (κ3) is 5.58. The molecule has 28 heavy (non-hydrogen) atoms. The number of amides is 1. The summed E-state index contributed by atoms with van der Waals surface area (Å²) in [5.41, 5.74) is 4.72. The van der Waals surface area contributed by atoms with E-state index < -0.39 is 0 Å². The molecule has 0 fully saturated rings. The van der Waals surface area contributed by atoms with Crippen molar-refractivity contribution in [3.8, 4) is 5.75 Å². The fourth-order valence-electron chi connectivity index (χ4n) is 2.35. The summed E-state index contributed by atoms with van der Waals surface area (Å²) in [6, 6.07) is 19.9. The van der Waals surface area contributed by atoms with Crippen LogP contribution in [0.2, 0.25) is 10.0 Å². The topological polar surface area (TPSA) is 50.7 Å². The van der Waals surface area contributed by atoms with Gasteiger partial charge in [0.25, 0.3) is 5.91 Å². The molecule has 0 heterocycles. The first-order chi connectivity index (χ1) is 13.5. The summed E-state index contributed by atoms with van der Waals surface area (Å²) >= 11 is 15.3. The average molecular weight is 478 g/mol. The van der Waals surface area contributed by atoms with E-state index in [0.717, 1.165) is 11.1 Å². The van der Waals surface area contributed by atoms with Crippen LogP contribution in [0.1, 0.15) is 21.5 Å². The molecule has 0 aliphatic rings. The Labute approximate surface area is 181 Å². The standard InChI is InChI=1S/C21H15BrCl2N2O2/c22-18-7-2-1-6-17(18)21(27)26-25-12-14-4-3-5-16(10-14)28-13-15-8-9-19(23)20(24)11-15/h1-12H,13H2,(H,26,27)/b25-12+. The Morgan fingerprint density at radius 1 is 1.04 bits per heavy atom. The molecule has 7 heteroatoms. The van der Waals surface area contributed by atoms with Gasteiger partial charge >= 0.3 is 0 Å². The van der Waals surface area contributed by atoms with E-state index >= 15 is 0 Å². The van der Waals surface area contributed by atoms with Gasteiger partial charge in [-0.25, -0.2) is 5.43 Å². The first kappa shape index (κ1) is 20.4. The van der Waals surface area contributed by atoms with Crippen LogP contribution in [-0.2, 0) is 6.61 Å². The molecule has 1 amide bonds. The Kier molecular flexibility index (Phi) is 7.09. The van der Waals surface area contributed by atoms with Crippen LogP contribution in [0.5, 0.6) is 5.75 Å². The lowest BCUT2D eigenvalue weighted by atomic mass is 10.2. The van der Waals surface area contributed by atoms with Crippen molar-refractivity contribution in [2.24, 2.45) is 5.10 Å². The van der Waals surface area contributed by atoms with Gasteiger partial charge in [-0.05, 0) is 63.5 Å². The summed E-state index contributed by atoms with van der Waals surface area (Å²) in [6.07, 6.45) is 1.56. The summed E-state index contributed by atoms with van der Waals surface area (Å²) < 4.78 is 6.49. The monoisotopic (exact) mass is 476 g/mol. The van der Waals surface area contributed by atoms with Gasteiger partial charge in [0, 0.05) is 4.47 Å². The van der Waals surface area contributed by atoms with Gasteiger partial charge in [-0.2, -0.15) is 5.10 Å². The van der Waals surface area contributed by atoms with E-state index in [1.54, 1.807) is 36.5 Å². The second kappa shape index (κ2) is 9.73. The predicted molar refractivity (Wildman–Crippen MR) is 116 cm³/mol. The lowest BCUT2D eigenvalue weighted by molar-refractivity contribution is 0.0954. The fraction of sp³-hybridized carbons (Fsp3) is 0.0476. The molecule has 142 valence electrons. The lowest BCUT2D eigenvalue weighted by Crippen LogP contribution is -2.18. The smallest absolute Gasteiger partial charge is 0.272 e. The highest BCUT2D eigenvalue weighted by Gasteiger charge is 2.07. The third-order valence-corrected chi connectivity index (χ3v) is 5.18. The normalized spacial score (nSPS) is 10.8. The van der Waals surface area contributed by atoms with Crippen LogP contribution >= 0.6 is 39.1 Å². The number of ether oxygens (including phenoxy) is 1. The quantitative estimate of drug-likeness (QED) is 0.344. The molecular weight excluding hydrogens is 463 g/mol. The molecule has 1 N–H and O–H groups in total. The van der Waals surface area contributed by atoms with Crippen LogP contribution in [0.4, 0.5) is 0 Å². The molecule has 0 saturated heterocycles. The Morgan fingerprint density at radius 3 is 2.64 bits per heavy atom. The number of halogens is 3. The first-order valence-corrected chi connectivity index (χ1v) is 9.82. The maximum absolute atomic E-state index is 12.1.